The van der Waals surface area contributed by atoms with Gasteiger partial charge in [0.15, 0.2) is 9.84 Å². The summed E-state index contributed by atoms with van der Waals surface area (Å²) in [5, 5.41) is 2.65. The number of amides is 2. The van der Waals surface area contributed by atoms with E-state index in [9.17, 15) is 21.6 Å². The lowest BCUT2D eigenvalue weighted by atomic mass is 10.2. The molecule has 1 N–H and O–H groups in total. The molecule has 0 aliphatic carbocycles. The molecule has 0 unspecified atom stereocenters. The molecule has 0 radical (unpaired) electrons. The van der Waals surface area contributed by atoms with E-state index in [1.807, 2.05) is 0 Å². The number of hydrogen-bond acceptors (Lipinski definition) is 5. The third-order valence-corrected chi connectivity index (χ3v) is 8.85. The largest absolute Gasteiger partial charge is 0.324 e. The number of carbonyl (C=O) groups excluding carboxylic acids is 1. The Bertz CT molecular complexity index is 908. The molecule has 2 aliphatic heterocycles. The second-order valence-corrected chi connectivity index (χ2v) is 11.2. The van der Waals surface area contributed by atoms with Crippen molar-refractivity contribution in [3.8, 4) is 0 Å². The maximum absolute atomic E-state index is 13.0. The van der Waals surface area contributed by atoms with Crippen LogP contribution in [0.3, 0.4) is 0 Å². The van der Waals surface area contributed by atoms with Gasteiger partial charge in [-0.1, -0.05) is 18.6 Å². The first-order valence-corrected chi connectivity index (χ1v) is 12.3. The number of benzene rings is 1. The molecule has 1 aromatic carbocycles. The molecule has 1 atom stereocenters. The van der Waals surface area contributed by atoms with E-state index in [0.717, 1.165) is 19.3 Å². The van der Waals surface area contributed by atoms with Crippen LogP contribution in [0.25, 0.3) is 0 Å². The van der Waals surface area contributed by atoms with Crippen LogP contribution < -0.4 is 5.32 Å². The highest BCUT2D eigenvalue weighted by atomic mass is 32.2. The van der Waals surface area contributed by atoms with E-state index in [-0.39, 0.29) is 22.1 Å². The van der Waals surface area contributed by atoms with E-state index in [0.29, 0.717) is 19.5 Å². The summed E-state index contributed by atoms with van der Waals surface area (Å²) < 4.78 is 50.7. The van der Waals surface area contributed by atoms with Crippen LogP contribution in [0.4, 0.5) is 10.5 Å². The van der Waals surface area contributed by atoms with Gasteiger partial charge in [0.1, 0.15) is 4.90 Å². The monoisotopic (exact) mass is 415 g/mol. The number of hydrogen-bond donors (Lipinski definition) is 1. The number of sulfone groups is 1. The van der Waals surface area contributed by atoms with Crippen LogP contribution in [0.1, 0.15) is 25.7 Å². The average Bonchev–Trinajstić information content (AvgIpc) is 3.02. The van der Waals surface area contributed by atoms with E-state index in [1.54, 1.807) is 18.2 Å². The number of anilines is 1. The van der Waals surface area contributed by atoms with Gasteiger partial charge in [0.2, 0.25) is 10.0 Å². The third-order valence-electron chi connectivity index (χ3n) is 5.14. The number of rotatable bonds is 4. The molecule has 2 fully saturated rings. The molecule has 2 aliphatic rings. The lowest BCUT2D eigenvalue weighted by Gasteiger charge is -2.28. The normalized spacial score (nSPS) is 23.1. The Labute approximate surface area is 160 Å². The fraction of sp³-hybridized carbons (Fsp3) is 0.588. The van der Waals surface area contributed by atoms with Crippen molar-refractivity contribution < 1.29 is 21.6 Å². The van der Waals surface area contributed by atoms with Crippen molar-refractivity contribution in [2.75, 3.05) is 37.0 Å². The number of para-hydroxylation sites is 1. The zero-order valence-corrected chi connectivity index (χ0v) is 16.9. The van der Waals surface area contributed by atoms with E-state index < -0.39 is 31.9 Å². The lowest BCUT2D eigenvalue weighted by molar-refractivity contribution is 0.209. The minimum absolute atomic E-state index is 0.0627. The van der Waals surface area contributed by atoms with Gasteiger partial charge in [-0.2, -0.15) is 4.31 Å². The van der Waals surface area contributed by atoms with Crippen LogP contribution in [0.15, 0.2) is 29.2 Å². The van der Waals surface area contributed by atoms with Crippen molar-refractivity contribution in [3.05, 3.63) is 24.3 Å². The average molecular weight is 416 g/mol. The maximum Gasteiger partial charge on any atom is 0.321 e. The molecular weight excluding hydrogens is 390 g/mol. The first-order valence-electron chi connectivity index (χ1n) is 9.04. The number of sulfonamides is 1. The summed E-state index contributed by atoms with van der Waals surface area (Å²) in [5.41, 5.74) is 0.209. The predicted molar refractivity (Wildman–Crippen MR) is 103 cm³/mol. The Morgan fingerprint density at radius 2 is 1.85 bits per heavy atom. The summed E-state index contributed by atoms with van der Waals surface area (Å²) in [7, 11) is -5.28. The Balaban J connectivity index is 1.79. The molecule has 3 rings (SSSR count). The molecule has 0 spiro atoms. The maximum atomic E-state index is 13.0. The molecule has 2 amide bonds. The first kappa shape index (κ1) is 20.1. The van der Waals surface area contributed by atoms with Crippen LogP contribution >= 0.6 is 0 Å². The first-order chi connectivity index (χ1) is 12.7. The van der Waals surface area contributed by atoms with Crippen LogP contribution in [-0.2, 0) is 19.9 Å². The molecule has 8 nitrogen and oxygen atoms in total. The minimum atomic E-state index is -3.70. The summed E-state index contributed by atoms with van der Waals surface area (Å²) in [5.74, 6) is -0.000143. The van der Waals surface area contributed by atoms with Gasteiger partial charge < -0.3 is 10.2 Å². The molecule has 150 valence electrons. The third kappa shape index (κ3) is 4.44. The molecule has 0 saturated carbocycles. The zero-order valence-electron chi connectivity index (χ0n) is 15.3. The topological polar surface area (TPSA) is 104 Å². The smallest absolute Gasteiger partial charge is 0.321 e. The second kappa shape index (κ2) is 7.76. The van der Waals surface area contributed by atoms with E-state index in [1.165, 1.54) is 22.3 Å². The lowest BCUT2D eigenvalue weighted by Crippen LogP contribution is -2.41. The van der Waals surface area contributed by atoms with Gasteiger partial charge in [-0.05, 0) is 31.4 Å². The molecule has 0 bridgehead atoms. The highest BCUT2D eigenvalue weighted by molar-refractivity contribution is 7.91. The number of nitrogens with one attached hydrogen (secondary N) is 1. The second-order valence-electron chi connectivity index (χ2n) is 7.06. The minimum Gasteiger partial charge on any atom is -0.324 e. The quantitative estimate of drug-likeness (QED) is 0.803. The van der Waals surface area contributed by atoms with E-state index in [4.69, 9.17) is 0 Å². The van der Waals surface area contributed by atoms with Crippen LogP contribution in [-0.4, -0.2) is 69.8 Å². The molecule has 10 heteroatoms. The number of piperidine rings is 1. The van der Waals surface area contributed by atoms with Crippen LogP contribution in [0.2, 0.25) is 0 Å². The fourth-order valence-electron chi connectivity index (χ4n) is 3.49. The Morgan fingerprint density at radius 3 is 2.48 bits per heavy atom. The molecule has 27 heavy (non-hydrogen) atoms. The summed E-state index contributed by atoms with van der Waals surface area (Å²) in [6.07, 6.45) is 3.05. The van der Waals surface area contributed by atoms with Crippen molar-refractivity contribution in [2.24, 2.45) is 0 Å². The van der Waals surface area contributed by atoms with E-state index in [2.05, 4.69) is 5.32 Å². The summed E-state index contributed by atoms with van der Waals surface area (Å²) in [6, 6.07) is 5.40. The van der Waals surface area contributed by atoms with Crippen LogP contribution in [0, 0.1) is 0 Å². The highest BCUT2D eigenvalue weighted by Gasteiger charge is 2.34. The fourth-order valence-corrected chi connectivity index (χ4v) is 6.93. The number of carbonyl (C=O) groups is 1. The van der Waals surface area contributed by atoms with Crippen molar-refractivity contribution in [3.63, 3.8) is 0 Å². The van der Waals surface area contributed by atoms with Crippen molar-refractivity contribution in [2.45, 2.75) is 36.6 Å². The Morgan fingerprint density at radius 1 is 1.19 bits per heavy atom. The summed E-state index contributed by atoms with van der Waals surface area (Å²) >= 11 is 0. The van der Waals surface area contributed by atoms with Gasteiger partial charge >= 0.3 is 6.03 Å². The van der Waals surface area contributed by atoms with Gasteiger partial charge in [-0.15, -0.1) is 0 Å². The SMILES string of the molecule is CN(C(=O)Nc1ccccc1S(=O)(=O)N1CCCCC1)[C@H]1CCS(=O)(=O)C1. The molecule has 2 saturated heterocycles. The van der Waals surface area contributed by atoms with Crippen LogP contribution in [0.5, 0.6) is 0 Å². The Kier molecular flexibility index (Phi) is 5.78. The van der Waals surface area contributed by atoms with Crippen molar-refractivity contribution >= 4 is 31.6 Å². The number of nitrogens with zero attached hydrogens (tertiary/aromatic N) is 2. The van der Waals surface area contributed by atoms with Crippen molar-refractivity contribution in [1.29, 1.82) is 0 Å². The van der Waals surface area contributed by atoms with Gasteiger partial charge in [-0.3, -0.25) is 0 Å². The molecule has 2 heterocycles. The molecule has 1 aromatic rings. The van der Waals surface area contributed by atoms with Crippen molar-refractivity contribution in [1.82, 2.24) is 9.21 Å². The summed E-state index contributed by atoms with van der Waals surface area (Å²) in [4.78, 5) is 14.0. The van der Waals surface area contributed by atoms with E-state index >= 15 is 0 Å². The standard InChI is InChI=1S/C17H25N3O5S2/c1-19(14-9-12-26(22,23)13-14)17(21)18-15-7-3-4-8-16(15)27(24,25)20-10-5-2-6-11-20/h3-4,7-8,14H,2,5-6,9-13H2,1H3,(H,18,21)/t14-/m0/s1. The van der Waals surface area contributed by atoms with Gasteiger partial charge in [0.25, 0.3) is 0 Å². The van der Waals surface area contributed by atoms with Gasteiger partial charge in [-0.25, -0.2) is 21.6 Å². The molecule has 0 aromatic heterocycles. The molecular formula is C17H25N3O5S2. The number of urea groups is 1. The highest BCUT2D eigenvalue weighted by Crippen LogP contribution is 2.27. The van der Waals surface area contributed by atoms with Gasteiger partial charge in [0, 0.05) is 26.2 Å². The Hall–Kier alpha value is -1.65. The summed E-state index contributed by atoms with van der Waals surface area (Å²) in [6.45, 7) is 0.953. The zero-order chi connectivity index (χ0) is 19.7. The van der Waals surface area contributed by atoms with Gasteiger partial charge in [0.05, 0.1) is 17.2 Å². The predicted octanol–water partition coefficient (Wildman–Crippen LogP) is 1.51.